The Morgan fingerprint density at radius 2 is 2.29 bits per heavy atom. The molecule has 0 saturated carbocycles. The van der Waals surface area contributed by atoms with E-state index in [2.05, 4.69) is 15.1 Å². The number of aromatic nitrogens is 4. The average molecular weight is 303 g/mol. The van der Waals surface area contributed by atoms with Crippen LogP contribution in [0.15, 0.2) is 36.9 Å². The molecular formula is C14H15N4O2S. The number of nitrogens with one attached hydrogen (secondary N) is 1. The Kier molecular flexibility index (Phi) is 3.74. The van der Waals surface area contributed by atoms with Gasteiger partial charge < -0.3 is 4.98 Å². The molecule has 0 bridgehead atoms. The molecule has 3 rings (SSSR count). The first-order valence-electron chi connectivity index (χ1n) is 6.57. The largest absolute Gasteiger partial charge is 0.346 e. The molecule has 7 heteroatoms. The van der Waals surface area contributed by atoms with Gasteiger partial charge in [-0.2, -0.15) is 5.10 Å². The molecule has 3 aromatic heterocycles. The van der Waals surface area contributed by atoms with Gasteiger partial charge in [0.1, 0.15) is 16.4 Å². The minimum absolute atomic E-state index is 0.0585. The summed E-state index contributed by atoms with van der Waals surface area (Å²) in [4.78, 5) is 7.34. The van der Waals surface area contributed by atoms with Crippen LogP contribution in [-0.4, -0.2) is 33.9 Å². The Labute approximate surface area is 123 Å². The summed E-state index contributed by atoms with van der Waals surface area (Å²) in [5.74, 6) is 0.0585. The normalized spacial score (nSPS) is 13.0. The summed E-state index contributed by atoms with van der Waals surface area (Å²) >= 11 is 0. The molecule has 1 radical (unpaired) electrons. The fourth-order valence-electron chi connectivity index (χ4n) is 2.26. The highest BCUT2D eigenvalue weighted by Crippen LogP contribution is 2.27. The van der Waals surface area contributed by atoms with Crippen LogP contribution in [0.5, 0.6) is 0 Å². The number of aromatic amines is 1. The van der Waals surface area contributed by atoms with Crippen LogP contribution in [0.3, 0.4) is 0 Å². The van der Waals surface area contributed by atoms with Crippen LogP contribution in [0, 0.1) is 6.42 Å². The Balaban J connectivity index is 1.89. The molecule has 0 aliphatic carbocycles. The molecule has 0 aliphatic rings. The van der Waals surface area contributed by atoms with E-state index in [0.29, 0.717) is 0 Å². The van der Waals surface area contributed by atoms with E-state index in [1.807, 2.05) is 31.5 Å². The van der Waals surface area contributed by atoms with Gasteiger partial charge in [0.15, 0.2) is 0 Å². The Morgan fingerprint density at radius 1 is 1.43 bits per heavy atom. The first kappa shape index (κ1) is 13.8. The van der Waals surface area contributed by atoms with Crippen LogP contribution in [-0.2, 0) is 10.7 Å². The number of fused-ring (bicyclic) bond motifs is 1. The molecule has 1 N–H and O–H groups in total. The van der Waals surface area contributed by atoms with Crippen LogP contribution < -0.4 is 0 Å². The lowest BCUT2D eigenvalue weighted by Gasteiger charge is -2.09. The molecule has 0 aliphatic heterocycles. The molecule has 0 amide bonds. The Morgan fingerprint density at radius 3 is 3.10 bits per heavy atom. The number of hydrogen-bond acceptors (Lipinski definition) is 4. The minimum Gasteiger partial charge on any atom is -0.346 e. The van der Waals surface area contributed by atoms with Gasteiger partial charge in [0.2, 0.25) is 0 Å². The zero-order valence-electron chi connectivity index (χ0n) is 11.4. The van der Waals surface area contributed by atoms with Crippen LogP contribution in [0.2, 0.25) is 0 Å². The highest BCUT2D eigenvalue weighted by Gasteiger charge is 2.11. The summed E-state index contributed by atoms with van der Waals surface area (Å²) in [6.07, 6.45) is 9.03. The molecule has 1 unspecified atom stereocenters. The minimum atomic E-state index is -2.39. The van der Waals surface area contributed by atoms with Gasteiger partial charge in [-0.3, -0.25) is 4.68 Å². The molecule has 0 spiro atoms. The van der Waals surface area contributed by atoms with Crippen molar-refractivity contribution >= 4 is 21.7 Å². The molecule has 6 nitrogen and oxygen atoms in total. The van der Waals surface area contributed by atoms with E-state index in [1.54, 1.807) is 23.5 Å². The number of thiol groups is 1. The van der Waals surface area contributed by atoms with Crippen molar-refractivity contribution in [1.29, 1.82) is 0 Å². The van der Waals surface area contributed by atoms with E-state index in [4.69, 9.17) is 0 Å². The van der Waals surface area contributed by atoms with Gasteiger partial charge >= 0.3 is 0 Å². The van der Waals surface area contributed by atoms with Crippen LogP contribution in [0.1, 0.15) is 13.0 Å². The molecular weight excluding hydrogens is 288 g/mol. The second kappa shape index (κ2) is 5.69. The highest BCUT2D eigenvalue weighted by molar-refractivity contribution is 7.72. The molecule has 3 heterocycles. The molecule has 0 aromatic carbocycles. The van der Waals surface area contributed by atoms with Gasteiger partial charge in [0.25, 0.3) is 0 Å². The first-order valence-corrected chi connectivity index (χ1v) is 7.93. The van der Waals surface area contributed by atoms with Gasteiger partial charge in [-0.25, -0.2) is 13.4 Å². The summed E-state index contributed by atoms with van der Waals surface area (Å²) in [6.45, 7) is 1.91. The molecule has 3 aromatic rings. The lowest BCUT2D eigenvalue weighted by Crippen LogP contribution is -2.08. The standard InChI is InChI=1S/C14H15N4O2S/c1-10(4-7-21(19)20)18-9-11(8-17-18)12-2-5-15-14-13(12)3-6-16-14/h2-6,8-10,21H,7H2,1H3,(H,15,16). The zero-order chi connectivity index (χ0) is 14.8. The van der Waals surface area contributed by atoms with E-state index in [-0.39, 0.29) is 11.8 Å². The van der Waals surface area contributed by atoms with Crippen molar-refractivity contribution in [3.8, 4) is 11.1 Å². The molecule has 21 heavy (non-hydrogen) atoms. The van der Waals surface area contributed by atoms with E-state index >= 15 is 0 Å². The Bertz CT molecular complexity index is 826. The van der Waals surface area contributed by atoms with Gasteiger partial charge in [-0.05, 0) is 24.6 Å². The number of rotatable bonds is 5. The van der Waals surface area contributed by atoms with Gasteiger partial charge in [-0.1, -0.05) is 0 Å². The van der Waals surface area contributed by atoms with E-state index in [1.165, 1.54) is 0 Å². The maximum Gasteiger partial charge on any atom is 0.140 e. The van der Waals surface area contributed by atoms with E-state index < -0.39 is 10.7 Å². The fraction of sp³-hybridized carbons (Fsp3) is 0.214. The third-order valence-electron chi connectivity index (χ3n) is 3.39. The number of hydrogen-bond donors (Lipinski definition) is 2. The summed E-state index contributed by atoms with van der Waals surface area (Å²) in [7, 11) is -2.39. The predicted octanol–water partition coefficient (Wildman–Crippen LogP) is 1.80. The van der Waals surface area contributed by atoms with E-state index in [0.717, 1.165) is 22.2 Å². The SMILES string of the molecule is CC([CH]C[SH](=O)=O)n1cc(-c2ccnc3[nH]ccc23)cn1. The molecule has 109 valence electrons. The van der Waals surface area contributed by atoms with Crippen LogP contribution in [0.25, 0.3) is 22.2 Å². The maximum atomic E-state index is 10.6. The van der Waals surface area contributed by atoms with Crippen LogP contribution in [0.4, 0.5) is 0 Å². The second-order valence-corrected chi connectivity index (χ2v) is 5.83. The monoisotopic (exact) mass is 303 g/mol. The summed E-state index contributed by atoms with van der Waals surface area (Å²) in [5.41, 5.74) is 2.87. The second-order valence-electron chi connectivity index (χ2n) is 4.80. The van der Waals surface area contributed by atoms with Crippen molar-refractivity contribution < 1.29 is 8.42 Å². The van der Waals surface area contributed by atoms with Crippen molar-refractivity contribution in [1.82, 2.24) is 19.7 Å². The third kappa shape index (κ3) is 2.82. The van der Waals surface area contributed by atoms with Gasteiger partial charge in [-0.15, -0.1) is 0 Å². The topological polar surface area (TPSA) is 80.6 Å². The summed E-state index contributed by atoms with van der Waals surface area (Å²) < 4.78 is 23.0. The van der Waals surface area contributed by atoms with Crippen LogP contribution >= 0.6 is 0 Å². The summed E-state index contributed by atoms with van der Waals surface area (Å²) in [6, 6.07) is 3.85. The zero-order valence-corrected chi connectivity index (χ0v) is 12.3. The van der Waals surface area contributed by atoms with Crippen molar-refractivity contribution in [3.63, 3.8) is 0 Å². The number of H-pyrrole nitrogens is 1. The fourth-order valence-corrected chi connectivity index (χ4v) is 2.74. The van der Waals surface area contributed by atoms with Crippen molar-refractivity contribution in [2.75, 3.05) is 5.75 Å². The smallest absolute Gasteiger partial charge is 0.140 e. The number of pyridine rings is 1. The van der Waals surface area contributed by atoms with E-state index in [9.17, 15) is 8.42 Å². The van der Waals surface area contributed by atoms with Gasteiger partial charge in [0.05, 0.1) is 18.0 Å². The lowest BCUT2D eigenvalue weighted by molar-refractivity contribution is 0.547. The average Bonchev–Trinajstić information content (AvgIpc) is 3.12. The van der Waals surface area contributed by atoms with Crippen molar-refractivity contribution in [3.05, 3.63) is 43.3 Å². The third-order valence-corrected chi connectivity index (χ3v) is 3.89. The van der Waals surface area contributed by atoms with Crippen molar-refractivity contribution in [2.24, 2.45) is 0 Å². The first-order chi connectivity index (χ1) is 10.1. The molecule has 0 saturated heterocycles. The van der Waals surface area contributed by atoms with Gasteiger partial charge in [0, 0.05) is 36.0 Å². The molecule has 0 fully saturated rings. The lowest BCUT2D eigenvalue weighted by atomic mass is 10.1. The number of nitrogens with zero attached hydrogens (tertiary/aromatic N) is 3. The van der Waals surface area contributed by atoms with Crippen molar-refractivity contribution in [2.45, 2.75) is 13.0 Å². The highest BCUT2D eigenvalue weighted by atomic mass is 32.2. The maximum absolute atomic E-state index is 10.6. The molecule has 1 atom stereocenters. The summed E-state index contributed by atoms with van der Waals surface area (Å²) in [5, 5.41) is 5.36. The quantitative estimate of drug-likeness (QED) is 0.704. The Hall–Kier alpha value is -2.15. The predicted molar refractivity (Wildman–Crippen MR) is 81.5 cm³/mol.